The lowest BCUT2D eigenvalue weighted by Crippen LogP contribution is -2.46. The van der Waals surface area contributed by atoms with Crippen LogP contribution in [0.3, 0.4) is 0 Å². The van der Waals surface area contributed by atoms with E-state index in [2.05, 4.69) is 0 Å². The Morgan fingerprint density at radius 1 is 1.06 bits per heavy atom. The summed E-state index contributed by atoms with van der Waals surface area (Å²) in [6.45, 7) is 7.59. The first-order chi connectivity index (χ1) is 7.86. The molecule has 96 valence electrons. The Morgan fingerprint density at radius 2 is 1.65 bits per heavy atom. The van der Waals surface area contributed by atoms with E-state index in [0.29, 0.717) is 13.0 Å². The second kappa shape index (κ2) is 5.43. The predicted octanol–water partition coefficient (Wildman–Crippen LogP) is 1.43. The minimum absolute atomic E-state index is 0.0624. The van der Waals surface area contributed by atoms with Crippen molar-refractivity contribution in [2.45, 2.75) is 46.6 Å². The van der Waals surface area contributed by atoms with Crippen molar-refractivity contribution >= 4 is 17.5 Å². The lowest BCUT2D eigenvalue weighted by Gasteiger charge is -2.24. The Morgan fingerprint density at radius 3 is 2.12 bits per heavy atom. The fourth-order valence-electron chi connectivity index (χ4n) is 2.08. The molecule has 0 bridgehead atoms. The van der Waals surface area contributed by atoms with Crippen molar-refractivity contribution in [3.05, 3.63) is 0 Å². The van der Waals surface area contributed by atoms with Gasteiger partial charge in [0.2, 0.25) is 5.78 Å². The molecule has 1 heterocycles. The molecule has 0 N–H and O–H groups in total. The van der Waals surface area contributed by atoms with Crippen LogP contribution in [-0.2, 0) is 14.4 Å². The summed E-state index contributed by atoms with van der Waals surface area (Å²) >= 11 is 0. The van der Waals surface area contributed by atoms with Gasteiger partial charge in [0, 0.05) is 18.4 Å². The smallest absolute Gasteiger partial charge is 0.290 e. The zero-order valence-corrected chi connectivity index (χ0v) is 11.0. The van der Waals surface area contributed by atoms with Gasteiger partial charge in [0.1, 0.15) is 0 Å². The number of carbonyl (C=O) groups excluding carboxylic acids is 3. The van der Waals surface area contributed by atoms with Crippen LogP contribution in [0, 0.1) is 11.8 Å². The summed E-state index contributed by atoms with van der Waals surface area (Å²) in [6.07, 6.45) is 1.49. The molecule has 1 aliphatic rings. The van der Waals surface area contributed by atoms with Gasteiger partial charge in [-0.3, -0.25) is 14.4 Å². The highest BCUT2D eigenvalue weighted by molar-refractivity contribution is 6.37. The third kappa shape index (κ3) is 2.93. The van der Waals surface area contributed by atoms with Crippen molar-refractivity contribution < 1.29 is 14.4 Å². The molecule has 1 fully saturated rings. The second-order valence-corrected chi connectivity index (χ2v) is 5.23. The first-order valence-corrected chi connectivity index (χ1v) is 6.24. The number of amides is 1. The van der Waals surface area contributed by atoms with Crippen LogP contribution < -0.4 is 0 Å². The van der Waals surface area contributed by atoms with E-state index in [1.165, 1.54) is 4.90 Å². The lowest BCUT2D eigenvalue weighted by atomic mass is 9.99. The molecule has 1 rings (SSSR count). The van der Waals surface area contributed by atoms with Gasteiger partial charge in [-0.05, 0) is 12.8 Å². The van der Waals surface area contributed by atoms with Gasteiger partial charge < -0.3 is 4.90 Å². The van der Waals surface area contributed by atoms with E-state index in [0.717, 1.165) is 6.42 Å². The summed E-state index contributed by atoms with van der Waals surface area (Å²) in [5.74, 6) is -1.22. The zero-order chi connectivity index (χ0) is 13.2. The van der Waals surface area contributed by atoms with Crippen molar-refractivity contribution in [2.75, 3.05) is 6.54 Å². The van der Waals surface area contributed by atoms with E-state index in [9.17, 15) is 14.4 Å². The number of rotatable bonds is 4. The number of Topliss-reactive ketones (excluding diaryl/α,β-unsaturated/α-hetero) is 2. The molecule has 1 amide bonds. The predicted molar refractivity (Wildman–Crippen MR) is 64.4 cm³/mol. The maximum Gasteiger partial charge on any atom is 0.290 e. The second-order valence-electron chi connectivity index (χ2n) is 5.23. The molecule has 17 heavy (non-hydrogen) atoms. The van der Waals surface area contributed by atoms with Crippen LogP contribution in [0.4, 0.5) is 0 Å². The molecule has 0 saturated carbocycles. The molecule has 1 saturated heterocycles. The largest absolute Gasteiger partial charge is 0.326 e. The molecule has 0 aliphatic carbocycles. The van der Waals surface area contributed by atoms with Crippen LogP contribution in [0.25, 0.3) is 0 Å². The average molecular weight is 239 g/mol. The molecule has 0 aromatic rings. The normalized spacial score (nSPS) is 20.1. The number of ketones is 2. The number of hydrogen-bond donors (Lipinski definition) is 0. The summed E-state index contributed by atoms with van der Waals surface area (Å²) in [5, 5.41) is 0. The molecule has 1 unspecified atom stereocenters. The Hall–Kier alpha value is -1.19. The molecule has 0 aromatic carbocycles. The van der Waals surface area contributed by atoms with Gasteiger partial charge >= 0.3 is 0 Å². The van der Waals surface area contributed by atoms with Crippen LogP contribution >= 0.6 is 0 Å². The Labute approximate surface area is 102 Å². The molecule has 1 aliphatic heterocycles. The standard InChI is InChI=1S/C13H21NO3/c1-8(2)11(15)10-6-5-7-14(10)13(17)12(16)9(3)4/h8-10H,5-7H2,1-4H3. The number of carbonyl (C=O) groups is 3. The fraction of sp³-hybridized carbons (Fsp3) is 0.769. The van der Waals surface area contributed by atoms with E-state index >= 15 is 0 Å². The number of nitrogens with zero attached hydrogens (tertiary/aromatic N) is 1. The maximum atomic E-state index is 11.9. The average Bonchev–Trinajstić information content (AvgIpc) is 2.74. The van der Waals surface area contributed by atoms with Crippen molar-refractivity contribution in [1.29, 1.82) is 0 Å². The summed E-state index contributed by atoms with van der Waals surface area (Å²) < 4.78 is 0. The number of likely N-dealkylation sites (tertiary alicyclic amines) is 1. The van der Waals surface area contributed by atoms with E-state index in [4.69, 9.17) is 0 Å². The zero-order valence-electron chi connectivity index (χ0n) is 11.0. The minimum atomic E-state index is -0.489. The van der Waals surface area contributed by atoms with Gasteiger partial charge in [-0.2, -0.15) is 0 Å². The SMILES string of the molecule is CC(C)C(=O)C(=O)N1CCCC1C(=O)C(C)C. The maximum absolute atomic E-state index is 11.9. The highest BCUT2D eigenvalue weighted by Crippen LogP contribution is 2.21. The Balaban J connectivity index is 2.80. The monoisotopic (exact) mass is 239 g/mol. The first-order valence-electron chi connectivity index (χ1n) is 6.24. The quantitative estimate of drug-likeness (QED) is 0.697. The summed E-state index contributed by atoms with van der Waals surface area (Å²) in [4.78, 5) is 37.0. The molecule has 0 aromatic heterocycles. The van der Waals surface area contributed by atoms with Crippen LogP contribution in [0.1, 0.15) is 40.5 Å². The van der Waals surface area contributed by atoms with Crippen LogP contribution in [-0.4, -0.2) is 35.0 Å². The summed E-state index contributed by atoms with van der Waals surface area (Å²) in [6, 6.07) is -0.384. The van der Waals surface area contributed by atoms with Crippen molar-refractivity contribution in [3.8, 4) is 0 Å². The first kappa shape index (κ1) is 13.9. The van der Waals surface area contributed by atoms with Crippen LogP contribution in [0.15, 0.2) is 0 Å². The Bertz CT molecular complexity index is 334. The van der Waals surface area contributed by atoms with Crippen LogP contribution in [0.5, 0.6) is 0 Å². The molecule has 4 nitrogen and oxygen atoms in total. The topological polar surface area (TPSA) is 54.5 Å². The molecular formula is C13H21NO3. The van der Waals surface area contributed by atoms with Gasteiger partial charge in [0.15, 0.2) is 5.78 Å². The molecule has 1 atom stereocenters. The van der Waals surface area contributed by atoms with E-state index in [1.807, 2.05) is 13.8 Å². The van der Waals surface area contributed by atoms with Crippen molar-refractivity contribution in [1.82, 2.24) is 4.90 Å². The minimum Gasteiger partial charge on any atom is -0.326 e. The van der Waals surface area contributed by atoms with Crippen molar-refractivity contribution in [2.24, 2.45) is 11.8 Å². The fourth-order valence-corrected chi connectivity index (χ4v) is 2.08. The van der Waals surface area contributed by atoms with Gasteiger partial charge in [-0.15, -0.1) is 0 Å². The van der Waals surface area contributed by atoms with E-state index < -0.39 is 11.7 Å². The molecule has 0 spiro atoms. The number of hydrogen-bond acceptors (Lipinski definition) is 3. The van der Waals surface area contributed by atoms with Gasteiger partial charge in [-0.25, -0.2) is 0 Å². The van der Waals surface area contributed by atoms with Gasteiger partial charge in [-0.1, -0.05) is 27.7 Å². The molecular weight excluding hydrogens is 218 g/mol. The van der Waals surface area contributed by atoms with Gasteiger partial charge in [0.05, 0.1) is 6.04 Å². The van der Waals surface area contributed by atoms with E-state index in [-0.39, 0.29) is 23.7 Å². The highest BCUT2D eigenvalue weighted by atomic mass is 16.2. The molecule has 0 radical (unpaired) electrons. The highest BCUT2D eigenvalue weighted by Gasteiger charge is 2.37. The van der Waals surface area contributed by atoms with E-state index in [1.54, 1.807) is 13.8 Å². The van der Waals surface area contributed by atoms with Gasteiger partial charge in [0.25, 0.3) is 5.91 Å². The lowest BCUT2D eigenvalue weighted by molar-refractivity contribution is -0.148. The summed E-state index contributed by atoms with van der Waals surface area (Å²) in [5.41, 5.74) is 0. The molecule has 4 heteroatoms. The van der Waals surface area contributed by atoms with Crippen molar-refractivity contribution in [3.63, 3.8) is 0 Å². The third-order valence-electron chi connectivity index (χ3n) is 3.15. The Kier molecular flexibility index (Phi) is 4.43. The van der Waals surface area contributed by atoms with Crippen LogP contribution in [0.2, 0.25) is 0 Å². The summed E-state index contributed by atoms with van der Waals surface area (Å²) in [7, 11) is 0. The third-order valence-corrected chi connectivity index (χ3v) is 3.15.